The predicted octanol–water partition coefficient (Wildman–Crippen LogP) is 4.06. The molecule has 1 saturated heterocycles. The Labute approximate surface area is 195 Å². The fraction of sp³-hybridized carbons (Fsp3) is 0.737. The van der Waals surface area contributed by atoms with Crippen LogP contribution in [-0.4, -0.2) is 56.5 Å². The van der Waals surface area contributed by atoms with E-state index in [4.69, 9.17) is 35.9 Å². The van der Waals surface area contributed by atoms with Crippen LogP contribution in [0.1, 0.15) is 40.2 Å². The first-order valence-electron chi connectivity index (χ1n) is 10.7. The van der Waals surface area contributed by atoms with Gasteiger partial charge in [-0.3, -0.25) is 0 Å². The van der Waals surface area contributed by atoms with E-state index in [2.05, 4.69) is 15.0 Å². The minimum absolute atomic E-state index is 0.0715. The third-order valence-electron chi connectivity index (χ3n) is 6.43. The number of fused-ring (bicyclic) bond motifs is 4. The number of aromatic nitrogens is 4. The number of hydrogen-bond donors (Lipinski definition) is 1. The Hall–Kier alpha value is -0.940. The van der Waals surface area contributed by atoms with Crippen LogP contribution in [0.5, 0.6) is 0 Å². The molecule has 0 unspecified atom stereocenters. The van der Waals surface area contributed by atoms with Gasteiger partial charge in [0.2, 0.25) is 5.28 Å². The molecule has 0 amide bonds. The van der Waals surface area contributed by atoms with Gasteiger partial charge >= 0.3 is 6.80 Å². The van der Waals surface area contributed by atoms with Crippen LogP contribution in [0.2, 0.25) is 5.28 Å². The molecule has 3 heterocycles. The Kier molecular flexibility index (Phi) is 5.56. The molecule has 2 saturated carbocycles. The van der Waals surface area contributed by atoms with Crippen LogP contribution in [0.25, 0.3) is 11.2 Å². The first-order valence-corrected chi connectivity index (χ1v) is 14.2. The first-order chi connectivity index (χ1) is 15.1. The molecule has 5 rings (SSSR count). The summed E-state index contributed by atoms with van der Waals surface area (Å²) in [7, 11) is 0. The van der Waals surface area contributed by atoms with E-state index in [0.717, 1.165) is 6.42 Å². The summed E-state index contributed by atoms with van der Waals surface area (Å²) in [5.41, 5.74) is 6.88. The molecule has 2 aromatic heterocycles. The molecule has 5 atom stereocenters. The zero-order valence-electron chi connectivity index (χ0n) is 18.4. The molecule has 0 bridgehead atoms. The Bertz CT molecular complexity index is 1090. The minimum Gasteiger partial charge on any atom is -0.382 e. The molecule has 2 aliphatic carbocycles. The molecular formula is C19H27ClN5O5PS. The van der Waals surface area contributed by atoms with Crippen molar-refractivity contribution in [2.45, 2.75) is 58.2 Å². The van der Waals surface area contributed by atoms with Crippen LogP contribution in [0.4, 0.5) is 5.82 Å². The van der Waals surface area contributed by atoms with Gasteiger partial charge in [0.25, 0.3) is 0 Å². The molecule has 3 fully saturated rings. The lowest BCUT2D eigenvalue weighted by Crippen LogP contribution is -2.32. The topological polar surface area (TPSA) is 124 Å². The van der Waals surface area contributed by atoms with Crippen molar-refractivity contribution >= 4 is 46.8 Å². The number of imidazole rings is 1. The van der Waals surface area contributed by atoms with E-state index in [-0.39, 0.29) is 40.7 Å². The second-order valence-corrected chi connectivity index (χ2v) is 13.2. The summed E-state index contributed by atoms with van der Waals surface area (Å²) in [6.07, 6.45) is 2.24. The highest BCUT2D eigenvalue weighted by Gasteiger charge is 2.76. The van der Waals surface area contributed by atoms with Crippen molar-refractivity contribution in [1.82, 2.24) is 19.5 Å². The zero-order chi connectivity index (χ0) is 22.9. The Morgan fingerprint density at radius 3 is 2.72 bits per heavy atom. The summed E-state index contributed by atoms with van der Waals surface area (Å²) in [5, 5.41) is 0.0715. The SMILES string of the molecule is CCOP(=O)(OCC)SC[C@@]12C[C@@H]1[C@@H](n1cnc3c(N)nc(Cl)nc31)[C@@H]1OC(C)(C)O[C@@H]12. The number of nitrogens with zero attached hydrogens (tertiary/aromatic N) is 4. The van der Waals surface area contributed by atoms with Crippen LogP contribution in [-0.2, 0) is 23.1 Å². The summed E-state index contributed by atoms with van der Waals surface area (Å²) < 4.78 is 38.8. The summed E-state index contributed by atoms with van der Waals surface area (Å²) >= 11 is 7.34. The highest BCUT2D eigenvalue weighted by molar-refractivity contribution is 8.55. The van der Waals surface area contributed by atoms with Crippen molar-refractivity contribution in [2.24, 2.45) is 11.3 Å². The number of halogens is 1. The van der Waals surface area contributed by atoms with E-state index in [1.54, 1.807) is 6.33 Å². The number of rotatable bonds is 8. The lowest BCUT2D eigenvalue weighted by molar-refractivity contribution is -0.160. The molecule has 3 aliphatic rings. The molecule has 0 aromatic carbocycles. The maximum atomic E-state index is 13.1. The van der Waals surface area contributed by atoms with E-state index >= 15 is 0 Å². The Morgan fingerprint density at radius 1 is 1.31 bits per heavy atom. The van der Waals surface area contributed by atoms with E-state index in [1.165, 1.54) is 11.4 Å². The maximum absolute atomic E-state index is 13.1. The van der Waals surface area contributed by atoms with Gasteiger partial charge in [-0.05, 0) is 63.0 Å². The molecule has 1 aliphatic heterocycles. The van der Waals surface area contributed by atoms with Crippen LogP contribution in [0, 0.1) is 11.3 Å². The van der Waals surface area contributed by atoms with Gasteiger partial charge in [-0.25, -0.2) is 9.55 Å². The van der Waals surface area contributed by atoms with Gasteiger partial charge in [0.05, 0.1) is 31.7 Å². The monoisotopic (exact) mass is 503 g/mol. The summed E-state index contributed by atoms with van der Waals surface area (Å²) in [5.74, 6) is 0.315. The molecule has 0 radical (unpaired) electrons. The third kappa shape index (κ3) is 3.57. The fourth-order valence-electron chi connectivity index (χ4n) is 5.21. The van der Waals surface area contributed by atoms with Crippen LogP contribution >= 0.6 is 29.8 Å². The summed E-state index contributed by atoms with van der Waals surface area (Å²) in [6, 6.07) is -0.0729. The largest absolute Gasteiger partial charge is 0.389 e. The molecule has 176 valence electrons. The second kappa shape index (κ2) is 7.80. The Morgan fingerprint density at radius 2 is 2.03 bits per heavy atom. The number of nitrogens with two attached hydrogens (primary N) is 1. The van der Waals surface area contributed by atoms with Gasteiger partial charge in [0.1, 0.15) is 11.6 Å². The van der Waals surface area contributed by atoms with Gasteiger partial charge in [0, 0.05) is 11.2 Å². The smallest absolute Gasteiger partial charge is 0.382 e. The molecule has 13 heteroatoms. The van der Waals surface area contributed by atoms with E-state index in [9.17, 15) is 4.57 Å². The normalized spacial score (nSPS) is 32.9. The van der Waals surface area contributed by atoms with Gasteiger partial charge in [-0.1, -0.05) is 0 Å². The minimum atomic E-state index is -3.24. The molecule has 2 N–H and O–H groups in total. The fourth-order valence-corrected chi connectivity index (χ4v) is 9.40. The third-order valence-corrected chi connectivity index (χ3v) is 10.7. The molecule has 0 spiro atoms. The van der Waals surface area contributed by atoms with E-state index in [0.29, 0.717) is 30.1 Å². The summed E-state index contributed by atoms with van der Waals surface area (Å²) in [6.45, 7) is 4.85. The molecule has 10 nitrogen and oxygen atoms in total. The average molecular weight is 504 g/mol. The van der Waals surface area contributed by atoms with Crippen LogP contribution in [0.15, 0.2) is 6.33 Å². The van der Waals surface area contributed by atoms with Crippen molar-refractivity contribution < 1.29 is 23.1 Å². The lowest BCUT2D eigenvalue weighted by Gasteiger charge is -2.24. The number of hydrogen-bond acceptors (Lipinski definition) is 10. The van der Waals surface area contributed by atoms with Crippen molar-refractivity contribution in [3.05, 3.63) is 11.6 Å². The van der Waals surface area contributed by atoms with Gasteiger partial charge < -0.3 is 28.8 Å². The molecular weight excluding hydrogens is 477 g/mol. The van der Waals surface area contributed by atoms with Crippen molar-refractivity contribution in [2.75, 3.05) is 24.7 Å². The second-order valence-electron chi connectivity index (χ2n) is 8.81. The maximum Gasteiger partial charge on any atom is 0.389 e. The number of ether oxygens (including phenoxy) is 2. The predicted molar refractivity (Wildman–Crippen MR) is 121 cm³/mol. The summed E-state index contributed by atoms with van der Waals surface area (Å²) in [4.78, 5) is 12.8. The average Bonchev–Trinajstić information content (AvgIpc) is 2.96. The van der Waals surface area contributed by atoms with Crippen LogP contribution in [0.3, 0.4) is 0 Å². The van der Waals surface area contributed by atoms with Gasteiger partial charge in [0.15, 0.2) is 17.3 Å². The lowest BCUT2D eigenvalue weighted by atomic mass is 10.0. The molecule has 2 aromatic rings. The number of anilines is 1. The van der Waals surface area contributed by atoms with Crippen molar-refractivity contribution in [3.63, 3.8) is 0 Å². The van der Waals surface area contributed by atoms with Crippen molar-refractivity contribution in [3.8, 4) is 0 Å². The van der Waals surface area contributed by atoms with E-state index in [1.807, 2.05) is 32.3 Å². The first kappa shape index (κ1) is 22.8. The van der Waals surface area contributed by atoms with E-state index < -0.39 is 12.6 Å². The highest BCUT2D eigenvalue weighted by Crippen LogP contribution is 2.75. The van der Waals surface area contributed by atoms with Crippen LogP contribution < -0.4 is 5.73 Å². The van der Waals surface area contributed by atoms with Gasteiger partial charge in [-0.2, -0.15) is 9.97 Å². The highest BCUT2D eigenvalue weighted by atomic mass is 35.5. The number of nitrogen functional groups attached to an aromatic ring is 1. The quantitative estimate of drug-likeness (QED) is 0.416. The molecule has 32 heavy (non-hydrogen) atoms. The van der Waals surface area contributed by atoms with Crippen molar-refractivity contribution in [1.29, 1.82) is 0 Å². The zero-order valence-corrected chi connectivity index (χ0v) is 20.8. The standard InChI is InChI=1S/C19H27ClN5O5PS/c1-5-27-31(26,28-6-2)32-8-19-7-10(19)12(13-14(19)30-18(3,4)29-13)25-9-22-11-15(21)23-17(20)24-16(11)25/h9-10,12-14H,5-8H2,1-4H3,(H2,21,23,24)/t10-,12-,13+,14+,19+/m1/s1. The Balaban J connectivity index is 1.49. The van der Waals surface area contributed by atoms with Gasteiger partial charge in [-0.15, -0.1) is 0 Å².